The smallest absolute Gasteiger partial charge is 0.222 e. The van der Waals surface area contributed by atoms with E-state index in [1.54, 1.807) is 0 Å². The maximum atomic E-state index is 6.32. The molecule has 0 spiro atoms. The summed E-state index contributed by atoms with van der Waals surface area (Å²) in [5, 5.41) is 0.645. The van der Waals surface area contributed by atoms with Crippen molar-refractivity contribution in [2.45, 2.75) is 110 Å². The molecule has 0 aromatic heterocycles. The summed E-state index contributed by atoms with van der Waals surface area (Å²) in [6.07, 6.45) is 11.0. The SMILES string of the molecule is CCCCCCCCCCO[Si](C(C)(C)C)C(C)(C)C. The van der Waals surface area contributed by atoms with Crippen LogP contribution >= 0.6 is 0 Å². The van der Waals surface area contributed by atoms with Crippen LogP contribution in [-0.4, -0.2) is 15.6 Å². The van der Waals surface area contributed by atoms with Crippen LogP contribution in [0.3, 0.4) is 0 Å². The molecule has 0 amide bonds. The van der Waals surface area contributed by atoms with E-state index in [9.17, 15) is 0 Å². The molecule has 1 nitrogen and oxygen atoms in total. The molecule has 0 saturated carbocycles. The summed E-state index contributed by atoms with van der Waals surface area (Å²) >= 11 is 0. The molecule has 0 fully saturated rings. The molecule has 0 unspecified atom stereocenters. The summed E-state index contributed by atoms with van der Waals surface area (Å²) in [7, 11) is -0.780. The normalized spacial score (nSPS) is 13.2. The quantitative estimate of drug-likeness (QED) is 0.321. The Hall–Kier alpha value is 0.177. The molecule has 0 saturated heterocycles. The van der Waals surface area contributed by atoms with E-state index < -0.39 is 9.04 Å². The van der Waals surface area contributed by atoms with Crippen molar-refractivity contribution in [1.29, 1.82) is 0 Å². The van der Waals surface area contributed by atoms with Crippen molar-refractivity contribution in [2.75, 3.05) is 6.61 Å². The molecular formula is C18H39OSi. The van der Waals surface area contributed by atoms with Crippen molar-refractivity contribution in [3.63, 3.8) is 0 Å². The Bertz CT molecular complexity index is 211. The van der Waals surface area contributed by atoms with E-state index in [0.717, 1.165) is 6.61 Å². The van der Waals surface area contributed by atoms with E-state index in [1.807, 2.05) is 0 Å². The van der Waals surface area contributed by atoms with Crippen molar-refractivity contribution in [1.82, 2.24) is 0 Å². The lowest BCUT2D eigenvalue weighted by atomic mass is 10.1. The van der Waals surface area contributed by atoms with Crippen LogP contribution in [0.4, 0.5) is 0 Å². The van der Waals surface area contributed by atoms with E-state index in [2.05, 4.69) is 48.5 Å². The molecule has 0 atom stereocenters. The maximum Gasteiger partial charge on any atom is 0.222 e. The first-order valence-electron chi connectivity index (χ1n) is 8.70. The second-order valence-corrected chi connectivity index (χ2v) is 12.1. The van der Waals surface area contributed by atoms with Gasteiger partial charge in [0.2, 0.25) is 9.04 Å². The van der Waals surface area contributed by atoms with E-state index in [-0.39, 0.29) is 0 Å². The van der Waals surface area contributed by atoms with Gasteiger partial charge in [-0.3, -0.25) is 0 Å². The Kier molecular flexibility index (Phi) is 10.1. The molecule has 20 heavy (non-hydrogen) atoms. The van der Waals surface area contributed by atoms with E-state index in [0.29, 0.717) is 10.1 Å². The van der Waals surface area contributed by atoms with Gasteiger partial charge in [0, 0.05) is 6.61 Å². The van der Waals surface area contributed by atoms with Gasteiger partial charge in [0.15, 0.2) is 0 Å². The van der Waals surface area contributed by atoms with Gasteiger partial charge in [-0.25, -0.2) is 0 Å². The highest BCUT2D eigenvalue weighted by atomic mass is 28.3. The minimum Gasteiger partial charge on any atom is -0.416 e. The van der Waals surface area contributed by atoms with Gasteiger partial charge in [0.05, 0.1) is 0 Å². The Morgan fingerprint density at radius 3 is 1.45 bits per heavy atom. The first-order chi connectivity index (χ1) is 9.19. The summed E-state index contributed by atoms with van der Waals surface area (Å²) in [6.45, 7) is 17.3. The molecular weight excluding hydrogens is 260 g/mol. The van der Waals surface area contributed by atoms with Crippen molar-refractivity contribution in [2.24, 2.45) is 0 Å². The predicted molar refractivity (Wildman–Crippen MR) is 93.7 cm³/mol. The van der Waals surface area contributed by atoms with Crippen LogP contribution in [0.5, 0.6) is 0 Å². The lowest BCUT2D eigenvalue weighted by molar-refractivity contribution is 0.272. The zero-order valence-corrected chi connectivity index (χ0v) is 16.3. The first-order valence-corrected chi connectivity index (χ1v) is 10.1. The minimum absolute atomic E-state index is 0.322. The topological polar surface area (TPSA) is 9.23 Å². The molecule has 0 aromatic carbocycles. The third-order valence-corrected chi connectivity index (χ3v) is 6.82. The van der Waals surface area contributed by atoms with Gasteiger partial charge in [-0.15, -0.1) is 0 Å². The summed E-state index contributed by atoms with van der Waals surface area (Å²) in [4.78, 5) is 0. The third-order valence-electron chi connectivity index (χ3n) is 3.61. The Labute approximate surface area is 130 Å². The second-order valence-electron chi connectivity index (χ2n) is 8.15. The lowest BCUT2D eigenvalue weighted by Crippen LogP contribution is -2.38. The highest BCUT2D eigenvalue weighted by Gasteiger charge is 2.39. The highest BCUT2D eigenvalue weighted by Crippen LogP contribution is 2.42. The Balaban J connectivity index is 3.71. The standard InChI is InChI=1S/C18H39OSi/c1-8-9-10-11-12-13-14-15-16-19-20(17(2,3)4)18(5,6)7/h8-16H2,1-7H3. The van der Waals surface area contributed by atoms with Crippen molar-refractivity contribution in [3.8, 4) is 0 Å². The molecule has 121 valence electrons. The van der Waals surface area contributed by atoms with Gasteiger partial charge in [0.1, 0.15) is 0 Å². The van der Waals surface area contributed by atoms with E-state index in [1.165, 1.54) is 51.4 Å². The molecule has 0 rings (SSSR count). The van der Waals surface area contributed by atoms with Crippen LogP contribution < -0.4 is 0 Å². The summed E-state index contributed by atoms with van der Waals surface area (Å²) in [6, 6.07) is 0. The average Bonchev–Trinajstić information content (AvgIpc) is 2.28. The predicted octanol–water partition coefficient (Wildman–Crippen LogP) is 6.74. The van der Waals surface area contributed by atoms with Gasteiger partial charge >= 0.3 is 0 Å². The Morgan fingerprint density at radius 1 is 0.650 bits per heavy atom. The van der Waals surface area contributed by atoms with Gasteiger partial charge in [-0.2, -0.15) is 0 Å². The average molecular weight is 300 g/mol. The minimum atomic E-state index is -0.780. The van der Waals surface area contributed by atoms with Gasteiger partial charge in [-0.05, 0) is 16.5 Å². The zero-order valence-electron chi connectivity index (χ0n) is 15.3. The van der Waals surface area contributed by atoms with Crippen LogP contribution in [0.25, 0.3) is 0 Å². The number of unbranched alkanes of at least 4 members (excludes halogenated alkanes) is 7. The molecule has 0 aromatic rings. The molecule has 1 radical (unpaired) electrons. The molecule has 2 heteroatoms. The molecule has 0 bridgehead atoms. The van der Waals surface area contributed by atoms with Gasteiger partial charge in [-0.1, -0.05) is 93.4 Å². The largest absolute Gasteiger partial charge is 0.416 e. The molecule has 0 aliphatic rings. The van der Waals surface area contributed by atoms with Crippen LogP contribution in [0.2, 0.25) is 10.1 Å². The third kappa shape index (κ3) is 9.98. The summed E-state index contributed by atoms with van der Waals surface area (Å²) in [5.41, 5.74) is 0. The monoisotopic (exact) mass is 299 g/mol. The number of hydrogen-bond donors (Lipinski definition) is 0. The Morgan fingerprint density at radius 2 is 1.05 bits per heavy atom. The fraction of sp³-hybridized carbons (Fsp3) is 1.00. The van der Waals surface area contributed by atoms with Gasteiger partial charge < -0.3 is 4.43 Å². The second kappa shape index (κ2) is 10.00. The summed E-state index contributed by atoms with van der Waals surface area (Å²) in [5.74, 6) is 0. The lowest BCUT2D eigenvalue weighted by Gasteiger charge is -2.37. The van der Waals surface area contributed by atoms with E-state index >= 15 is 0 Å². The summed E-state index contributed by atoms with van der Waals surface area (Å²) < 4.78 is 6.32. The molecule has 0 N–H and O–H groups in total. The van der Waals surface area contributed by atoms with Crippen LogP contribution in [0, 0.1) is 0 Å². The van der Waals surface area contributed by atoms with Crippen LogP contribution in [-0.2, 0) is 4.43 Å². The van der Waals surface area contributed by atoms with Crippen molar-refractivity contribution < 1.29 is 4.43 Å². The first kappa shape index (κ1) is 20.2. The van der Waals surface area contributed by atoms with Crippen LogP contribution in [0.15, 0.2) is 0 Å². The maximum absolute atomic E-state index is 6.32. The molecule has 0 aliphatic heterocycles. The molecule has 0 aliphatic carbocycles. The highest BCUT2D eigenvalue weighted by molar-refractivity contribution is 6.58. The van der Waals surface area contributed by atoms with E-state index in [4.69, 9.17) is 4.43 Å². The molecule has 0 heterocycles. The number of rotatable bonds is 10. The van der Waals surface area contributed by atoms with Gasteiger partial charge in [0.25, 0.3) is 0 Å². The fourth-order valence-electron chi connectivity index (χ4n) is 2.97. The van der Waals surface area contributed by atoms with Crippen LogP contribution in [0.1, 0.15) is 99.8 Å². The van der Waals surface area contributed by atoms with Crippen molar-refractivity contribution in [3.05, 3.63) is 0 Å². The number of hydrogen-bond acceptors (Lipinski definition) is 1. The fourth-order valence-corrected chi connectivity index (χ4v) is 6.43. The van der Waals surface area contributed by atoms with Crippen molar-refractivity contribution >= 4 is 9.04 Å². The zero-order chi connectivity index (χ0) is 15.6.